The topological polar surface area (TPSA) is 23.5 Å². The van der Waals surface area contributed by atoms with Gasteiger partial charge in [-0.3, -0.25) is 0 Å². The number of hydrogen-bond donors (Lipinski definition) is 1. The SMILES string of the molecule is CC(C)(C)C1CCN(CCC(O)c2cccc(Br)c2)C1. The summed E-state index contributed by atoms with van der Waals surface area (Å²) in [6.45, 7) is 10.3. The summed E-state index contributed by atoms with van der Waals surface area (Å²) in [5.41, 5.74) is 1.41. The summed E-state index contributed by atoms with van der Waals surface area (Å²) < 4.78 is 1.03. The quantitative estimate of drug-likeness (QED) is 0.886. The zero-order valence-electron chi connectivity index (χ0n) is 12.8. The lowest BCUT2D eigenvalue weighted by Crippen LogP contribution is -2.27. The molecule has 2 rings (SSSR count). The monoisotopic (exact) mass is 339 g/mol. The predicted octanol–water partition coefficient (Wildman–Crippen LogP) is 4.24. The Labute approximate surface area is 131 Å². The molecule has 20 heavy (non-hydrogen) atoms. The molecular formula is C17H26BrNO. The average Bonchev–Trinajstić information content (AvgIpc) is 2.84. The number of benzene rings is 1. The molecule has 0 bridgehead atoms. The van der Waals surface area contributed by atoms with Crippen molar-refractivity contribution in [2.75, 3.05) is 19.6 Å². The van der Waals surface area contributed by atoms with Gasteiger partial charge in [0.05, 0.1) is 6.10 Å². The first-order valence-electron chi connectivity index (χ1n) is 7.52. The van der Waals surface area contributed by atoms with Gasteiger partial charge in [-0.25, -0.2) is 0 Å². The van der Waals surface area contributed by atoms with Crippen molar-refractivity contribution in [2.24, 2.45) is 11.3 Å². The standard InChI is InChI=1S/C17H26BrNO/c1-17(2,3)14-7-9-19(12-14)10-8-16(20)13-5-4-6-15(18)11-13/h4-6,11,14,16,20H,7-10,12H2,1-3H3. The molecule has 0 aliphatic carbocycles. The van der Waals surface area contributed by atoms with E-state index in [1.807, 2.05) is 24.3 Å². The molecule has 2 atom stereocenters. The zero-order chi connectivity index (χ0) is 14.8. The van der Waals surface area contributed by atoms with E-state index in [-0.39, 0.29) is 6.10 Å². The molecular weight excluding hydrogens is 314 g/mol. The molecule has 1 aromatic carbocycles. The zero-order valence-corrected chi connectivity index (χ0v) is 14.4. The van der Waals surface area contributed by atoms with Crippen LogP contribution in [0.2, 0.25) is 0 Å². The van der Waals surface area contributed by atoms with Crippen LogP contribution in [-0.4, -0.2) is 29.6 Å². The lowest BCUT2D eigenvalue weighted by Gasteiger charge is -2.27. The van der Waals surface area contributed by atoms with Crippen molar-refractivity contribution >= 4 is 15.9 Å². The van der Waals surface area contributed by atoms with Gasteiger partial charge in [0.1, 0.15) is 0 Å². The van der Waals surface area contributed by atoms with Crippen LogP contribution in [0.1, 0.15) is 45.3 Å². The van der Waals surface area contributed by atoms with Crippen molar-refractivity contribution in [3.63, 3.8) is 0 Å². The van der Waals surface area contributed by atoms with Gasteiger partial charge in [-0.1, -0.05) is 48.8 Å². The van der Waals surface area contributed by atoms with Gasteiger partial charge in [0.15, 0.2) is 0 Å². The summed E-state index contributed by atoms with van der Waals surface area (Å²) in [6.07, 6.45) is 1.74. The minimum absolute atomic E-state index is 0.360. The third-order valence-electron chi connectivity index (χ3n) is 4.45. The summed E-state index contributed by atoms with van der Waals surface area (Å²) in [5, 5.41) is 10.3. The Bertz CT molecular complexity index is 441. The molecule has 1 aliphatic rings. The minimum atomic E-state index is -0.360. The van der Waals surface area contributed by atoms with E-state index in [0.717, 1.165) is 28.9 Å². The van der Waals surface area contributed by atoms with Gasteiger partial charge in [0, 0.05) is 17.6 Å². The van der Waals surface area contributed by atoms with Crippen molar-refractivity contribution in [3.05, 3.63) is 34.3 Å². The summed E-state index contributed by atoms with van der Waals surface area (Å²) in [4.78, 5) is 2.50. The summed E-state index contributed by atoms with van der Waals surface area (Å²) in [7, 11) is 0. The van der Waals surface area contributed by atoms with Crippen LogP contribution >= 0.6 is 15.9 Å². The number of hydrogen-bond acceptors (Lipinski definition) is 2. The summed E-state index contributed by atoms with van der Waals surface area (Å²) in [5.74, 6) is 0.783. The smallest absolute Gasteiger partial charge is 0.0802 e. The number of aliphatic hydroxyl groups is 1. The van der Waals surface area contributed by atoms with E-state index in [9.17, 15) is 5.11 Å². The van der Waals surface area contributed by atoms with Crippen LogP contribution in [0.25, 0.3) is 0 Å². The first-order valence-corrected chi connectivity index (χ1v) is 8.31. The molecule has 0 aromatic heterocycles. The molecule has 1 aromatic rings. The molecule has 2 nitrogen and oxygen atoms in total. The molecule has 1 heterocycles. The van der Waals surface area contributed by atoms with E-state index in [4.69, 9.17) is 0 Å². The van der Waals surface area contributed by atoms with Crippen LogP contribution in [0.5, 0.6) is 0 Å². The summed E-state index contributed by atoms with van der Waals surface area (Å²) in [6, 6.07) is 7.97. The van der Waals surface area contributed by atoms with Gasteiger partial charge in [-0.15, -0.1) is 0 Å². The Morgan fingerprint density at radius 2 is 2.15 bits per heavy atom. The molecule has 3 heteroatoms. The van der Waals surface area contributed by atoms with E-state index in [1.54, 1.807) is 0 Å². The molecule has 0 amide bonds. The molecule has 0 saturated carbocycles. The highest BCUT2D eigenvalue weighted by atomic mass is 79.9. The van der Waals surface area contributed by atoms with Gasteiger partial charge in [-0.2, -0.15) is 0 Å². The Morgan fingerprint density at radius 1 is 1.40 bits per heavy atom. The Balaban J connectivity index is 1.82. The van der Waals surface area contributed by atoms with E-state index >= 15 is 0 Å². The molecule has 112 valence electrons. The third kappa shape index (κ3) is 4.31. The number of likely N-dealkylation sites (tertiary alicyclic amines) is 1. The van der Waals surface area contributed by atoms with Crippen LogP contribution in [-0.2, 0) is 0 Å². The lowest BCUT2D eigenvalue weighted by molar-refractivity contribution is 0.144. The molecule has 1 saturated heterocycles. The summed E-state index contributed by atoms with van der Waals surface area (Å²) >= 11 is 3.46. The van der Waals surface area contributed by atoms with Crippen molar-refractivity contribution in [1.29, 1.82) is 0 Å². The van der Waals surface area contributed by atoms with Gasteiger partial charge in [0.2, 0.25) is 0 Å². The fraction of sp³-hybridized carbons (Fsp3) is 0.647. The number of halogens is 1. The number of rotatable bonds is 4. The van der Waals surface area contributed by atoms with Gasteiger partial charge in [0.25, 0.3) is 0 Å². The Hall–Kier alpha value is -0.380. The van der Waals surface area contributed by atoms with E-state index in [0.29, 0.717) is 5.41 Å². The Morgan fingerprint density at radius 3 is 2.75 bits per heavy atom. The van der Waals surface area contributed by atoms with Crippen LogP contribution < -0.4 is 0 Å². The molecule has 0 radical (unpaired) electrons. The van der Waals surface area contributed by atoms with Crippen LogP contribution in [0.3, 0.4) is 0 Å². The highest BCUT2D eigenvalue weighted by molar-refractivity contribution is 9.10. The number of nitrogens with zero attached hydrogens (tertiary/aromatic N) is 1. The maximum absolute atomic E-state index is 10.3. The number of aliphatic hydroxyl groups excluding tert-OH is 1. The molecule has 0 spiro atoms. The second-order valence-corrected chi connectivity index (χ2v) is 7.93. The second-order valence-electron chi connectivity index (χ2n) is 7.01. The molecule has 1 fully saturated rings. The Kier molecular flexibility index (Phi) is 5.27. The van der Waals surface area contributed by atoms with Gasteiger partial charge in [-0.05, 0) is 48.4 Å². The largest absolute Gasteiger partial charge is 0.388 e. The maximum Gasteiger partial charge on any atom is 0.0802 e. The molecule has 1 aliphatic heterocycles. The third-order valence-corrected chi connectivity index (χ3v) is 4.94. The van der Waals surface area contributed by atoms with Crippen molar-refractivity contribution < 1.29 is 5.11 Å². The first-order chi connectivity index (χ1) is 9.36. The van der Waals surface area contributed by atoms with E-state index < -0.39 is 0 Å². The average molecular weight is 340 g/mol. The van der Waals surface area contributed by atoms with Crippen molar-refractivity contribution in [3.8, 4) is 0 Å². The van der Waals surface area contributed by atoms with Crippen molar-refractivity contribution in [2.45, 2.75) is 39.7 Å². The molecule has 2 unspecified atom stereocenters. The fourth-order valence-electron chi connectivity index (χ4n) is 2.93. The highest BCUT2D eigenvalue weighted by Crippen LogP contribution is 2.34. The van der Waals surface area contributed by atoms with Crippen molar-refractivity contribution in [1.82, 2.24) is 4.90 Å². The van der Waals surface area contributed by atoms with Gasteiger partial charge < -0.3 is 10.0 Å². The minimum Gasteiger partial charge on any atom is -0.388 e. The van der Waals surface area contributed by atoms with Crippen LogP contribution in [0.4, 0.5) is 0 Å². The molecule has 1 N–H and O–H groups in total. The maximum atomic E-state index is 10.3. The fourth-order valence-corrected chi connectivity index (χ4v) is 3.34. The van der Waals surface area contributed by atoms with E-state index in [2.05, 4.69) is 41.6 Å². The predicted molar refractivity (Wildman–Crippen MR) is 87.7 cm³/mol. The van der Waals surface area contributed by atoms with E-state index in [1.165, 1.54) is 19.5 Å². The van der Waals surface area contributed by atoms with Gasteiger partial charge >= 0.3 is 0 Å². The second kappa shape index (κ2) is 6.59. The highest BCUT2D eigenvalue weighted by Gasteiger charge is 2.31. The lowest BCUT2D eigenvalue weighted by atomic mass is 9.80. The normalized spacial score (nSPS) is 22.1. The van der Waals surface area contributed by atoms with Crippen LogP contribution in [0.15, 0.2) is 28.7 Å². The van der Waals surface area contributed by atoms with Crippen LogP contribution in [0, 0.1) is 11.3 Å². The first kappa shape index (κ1) is 16.0.